The minimum atomic E-state index is 1.16. The SMILES string of the molecule is CC/C=C1/CCc2ccccc2S1. The first-order valence-corrected chi connectivity index (χ1v) is 5.66. The summed E-state index contributed by atoms with van der Waals surface area (Å²) in [7, 11) is 0. The Morgan fingerprint density at radius 3 is 3.00 bits per heavy atom. The van der Waals surface area contributed by atoms with Gasteiger partial charge in [0, 0.05) is 4.90 Å². The largest absolute Gasteiger partial charge is 0.0946 e. The van der Waals surface area contributed by atoms with Gasteiger partial charge in [0.05, 0.1) is 0 Å². The van der Waals surface area contributed by atoms with Gasteiger partial charge in [-0.3, -0.25) is 0 Å². The van der Waals surface area contributed by atoms with E-state index in [1.807, 2.05) is 11.8 Å². The van der Waals surface area contributed by atoms with Gasteiger partial charge in [0.25, 0.3) is 0 Å². The number of thioether (sulfide) groups is 1. The molecule has 0 saturated heterocycles. The van der Waals surface area contributed by atoms with E-state index < -0.39 is 0 Å². The fourth-order valence-corrected chi connectivity index (χ4v) is 2.82. The second-order valence-corrected chi connectivity index (χ2v) is 4.46. The highest BCUT2D eigenvalue weighted by Crippen LogP contribution is 2.37. The third-order valence-electron chi connectivity index (χ3n) is 2.29. The Bertz CT molecular complexity index is 326. The summed E-state index contributed by atoms with van der Waals surface area (Å²) in [5.74, 6) is 0. The number of fused-ring (bicyclic) bond motifs is 1. The van der Waals surface area contributed by atoms with Crippen molar-refractivity contribution in [2.75, 3.05) is 0 Å². The summed E-state index contributed by atoms with van der Waals surface area (Å²) in [6, 6.07) is 8.72. The fourth-order valence-electron chi connectivity index (χ4n) is 1.63. The van der Waals surface area contributed by atoms with Crippen LogP contribution in [0.4, 0.5) is 0 Å². The van der Waals surface area contributed by atoms with Crippen molar-refractivity contribution in [3.63, 3.8) is 0 Å². The Balaban J connectivity index is 2.24. The average Bonchev–Trinajstić information content (AvgIpc) is 2.18. The Morgan fingerprint density at radius 1 is 1.31 bits per heavy atom. The molecule has 0 fully saturated rings. The Morgan fingerprint density at radius 2 is 2.15 bits per heavy atom. The van der Waals surface area contributed by atoms with Crippen LogP contribution < -0.4 is 0 Å². The molecule has 0 unspecified atom stereocenters. The van der Waals surface area contributed by atoms with E-state index >= 15 is 0 Å². The van der Waals surface area contributed by atoms with E-state index in [0.29, 0.717) is 0 Å². The summed E-state index contributed by atoms with van der Waals surface area (Å²) < 4.78 is 0. The maximum absolute atomic E-state index is 2.35. The van der Waals surface area contributed by atoms with Crippen LogP contribution in [0.5, 0.6) is 0 Å². The summed E-state index contributed by atoms with van der Waals surface area (Å²) in [6.45, 7) is 2.20. The number of hydrogen-bond donors (Lipinski definition) is 0. The third-order valence-corrected chi connectivity index (χ3v) is 3.54. The number of aryl methyl sites for hydroxylation is 1. The molecule has 0 spiro atoms. The van der Waals surface area contributed by atoms with Crippen LogP contribution in [0, 0.1) is 0 Å². The normalized spacial score (nSPS) is 18.7. The highest BCUT2D eigenvalue weighted by Gasteiger charge is 2.11. The highest BCUT2D eigenvalue weighted by atomic mass is 32.2. The molecular weight excluding hydrogens is 176 g/mol. The van der Waals surface area contributed by atoms with Crippen molar-refractivity contribution in [2.45, 2.75) is 31.1 Å². The van der Waals surface area contributed by atoms with E-state index in [1.54, 1.807) is 4.91 Å². The quantitative estimate of drug-likeness (QED) is 0.644. The van der Waals surface area contributed by atoms with Gasteiger partial charge < -0.3 is 0 Å². The molecular formula is C12H14S. The lowest BCUT2D eigenvalue weighted by Gasteiger charge is -2.17. The fraction of sp³-hybridized carbons (Fsp3) is 0.333. The van der Waals surface area contributed by atoms with Crippen LogP contribution in [-0.4, -0.2) is 0 Å². The molecule has 0 bridgehead atoms. The average molecular weight is 190 g/mol. The first-order valence-electron chi connectivity index (χ1n) is 4.85. The lowest BCUT2D eigenvalue weighted by atomic mass is 10.1. The smallest absolute Gasteiger partial charge is 0.0151 e. The molecule has 1 heterocycles. The van der Waals surface area contributed by atoms with Crippen LogP contribution in [0.15, 0.2) is 40.1 Å². The highest BCUT2D eigenvalue weighted by molar-refractivity contribution is 8.03. The number of allylic oxidation sites excluding steroid dienone is 2. The molecule has 13 heavy (non-hydrogen) atoms. The van der Waals surface area contributed by atoms with Gasteiger partial charge in [0.15, 0.2) is 0 Å². The van der Waals surface area contributed by atoms with E-state index in [2.05, 4.69) is 37.3 Å². The Labute approximate surface area is 84.0 Å². The van der Waals surface area contributed by atoms with Crippen LogP contribution in [0.2, 0.25) is 0 Å². The second kappa shape index (κ2) is 4.01. The molecule has 1 aromatic rings. The lowest BCUT2D eigenvalue weighted by molar-refractivity contribution is 0.934. The molecule has 0 aromatic heterocycles. The maximum Gasteiger partial charge on any atom is 0.0151 e. The predicted molar refractivity (Wildman–Crippen MR) is 59.0 cm³/mol. The van der Waals surface area contributed by atoms with Gasteiger partial charge in [-0.15, -0.1) is 0 Å². The first-order chi connectivity index (χ1) is 6.40. The van der Waals surface area contributed by atoms with Crippen molar-refractivity contribution in [3.05, 3.63) is 40.8 Å². The number of hydrogen-bond acceptors (Lipinski definition) is 1. The zero-order chi connectivity index (χ0) is 9.10. The van der Waals surface area contributed by atoms with E-state index in [0.717, 1.165) is 6.42 Å². The van der Waals surface area contributed by atoms with Gasteiger partial charge in [-0.05, 0) is 35.8 Å². The van der Waals surface area contributed by atoms with Gasteiger partial charge in [-0.1, -0.05) is 43.0 Å². The van der Waals surface area contributed by atoms with E-state index in [-0.39, 0.29) is 0 Å². The summed E-state index contributed by atoms with van der Waals surface area (Å²) >= 11 is 1.94. The third kappa shape index (κ3) is 1.97. The minimum Gasteiger partial charge on any atom is -0.0946 e. The molecule has 1 aliphatic rings. The molecule has 0 nitrogen and oxygen atoms in total. The molecule has 0 saturated carbocycles. The number of rotatable bonds is 1. The van der Waals surface area contributed by atoms with Crippen LogP contribution in [0.3, 0.4) is 0 Å². The molecule has 1 aromatic carbocycles. The predicted octanol–water partition coefficient (Wildman–Crippen LogP) is 4.02. The summed E-state index contributed by atoms with van der Waals surface area (Å²) in [5, 5.41) is 0. The van der Waals surface area contributed by atoms with Gasteiger partial charge in [-0.2, -0.15) is 0 Å². The zero-order valence-corrected chi connectivity index (χ0v) is 8.73. The van der Waals surface area contributed by atoms with E-state index in [1.165, 1.54) is 23.3 Å². The molecule has 0 radical (unpaired) electrons. The summed E-state index contributed by atoms with van der Waals surface area (Å²) in [4.78, 5) is 3.00. The van der Waals surface area contributed by atoms with E-state index in [9.17, 15) is 0 Å². The standard InChI is InChI=1S/C12H14S/c1-2-5-11-9-8-10-6-3-4-7-12(10)13-11/h3-7H,2,8-9H2,1H3/b11-5-. The molecule has 0 aliphatic carbocycles. The van der Waals surface area contributed by atoms with Crippen LogP contribution in [0.25, 0.3) is 0 Å². The molecule has 1 aliphatic heterocycles. The monoisotopic (exact) mass is 190 g/mol. The van der Waals surface area contributed by atoms with Crippen molar-refractivity contribution in [1.29, 1.82) is 0 Å². The maximum atomic E-state index is 2.35. The van der Waals surface area contributed by atoms with Gasteiger partial charge >= 0.3 is 0 Å². The van der Waals surface area contributed by atoms with Gasteiger partial charge in [0.2, 0.25) is 0 Å². The van der Waals surface area contributed by atoms with Crippen molar-refractivity contribution < 1.29 is 0 Å². The molecule has 68 valence electrons. The molecule has 2 rings (SSSR count). The lowest BCUT2D eigenvalue weighted by Crippen LogP contribution is -1.96. The van der Waals surface area contributed by atoms with Gasteiger partial charge in [0.1, 0.15) is 0 Å². The van der Waals surface area contributed by atoms with Crippen molar-refractivity contribution in [1.82, 2.24) is 0 Å². The second-order valence-electron chi connectivity index (χ2n) is 3.29. The zero-order valence-electron chi connectivity index (χ0n) is 7.92. The Kier molecular flexibility index (Phi) is 2.74. The van der Waals surface area contributed by atoms with Crippen LogP contribution >= 0.6 is 11.8 Å². The van der Waals surface area contributed by atoms with Crippen LogP contribution in [-0.2, 0) is 6.42 Å². The van der Waals surface area contributed by atoms with Crippen molar-refractivity contribution >= 4 is 11.8 Å². The molecule has 1 heteroatoms. The molecule has 0 atom stereocenters. The van der Waals surface area contributed by atoms with Crippen molar-refractivity contribution in [2.24, 2.45) is 0 Å². The van der Waals surface area contributed by atoms with E-state index in [4.69, 9.17) is 0 Å². The topological polar surface area (TPSA) is 0 Å². The number of benzene rings is 1. The molecule has 0 amide bonds. The van der Waals surface area contributed by atoms with Crippen LogP contribution in [0.1, 0.15) is 25.3 Å². The van der Waals surface area contributed by atoms with Gasteiger partial charge in [-0.25, -0.2) is 0 Å². The minimum absolute atomic E-state index is 1.16. The summed E-state index contributed by atoms with van der Waals surface area (Å²) in [5.41, 5.74) is 1.51. The van der Waals surface area contributed by atoms with Crippen molar-refractivity contribution in [3.8, 4) is 0 Å². The molecule has 0 N–H and O–H groups in total. The Hall–Kier alpha value is -0.690. The first kappa shape index (κ1) is 8.89. The summed E-state index contributed by atoms with van der Waals surface area (Å²) in [6.07, 6.45) is 5.95.